The van der Waals surface area contributed by atoms with Crippen molar-refractivity contribution >= 4 is 10.0 Å². The van der Waals surface area contributed by atoms with E-state index in [9.17, 15) is 31.1 Å². The van der Waals surface area contributed by atoms with Crippen molar-refractivity contribution in [2.75, 3.05) is 12.8 Å². The number of hydrogen-bond acceptors (Lipinski definition) is 5. The van der Waals surface area contributed by atoms with E-state index in [-0.39, 0.29) is 5.56 Å². The highest BCUT2D eigenvalue weighted by Crippen LogP contribution is 2.40. The second-order valence-corrected chi connectivity index (χ2v) is 9.03. The SMILES string of the molecule is CC(C)(NS(C)(=O)=O)c1cc([C@](O)(CN)C(F)(F)F)nc(-c2ccc(F)cc2)c1F. The van der Waals surface area contributed by atoms with Gasteiger partial charge in [-0.3, -0.25) is 0 Å². The Kier molecular flexibility index (Phi) is 6.30. The Labute approximate surface area is 170 Å². The van der Waals surface area contributed by atoms with Crippen LogP contribution in [0.3, 0.4) is 0 Å². The third-order valence-corrected chi connectivity index (χ3v) is 5.26. The quantitative estimate of drug-likeness (QED) is 0.583. The molecule has 0 amide bonds. The average Bonchev–Trinajstić information content (AvgIpc) is 2.59. The molecule has 0 saturated heterocycles. The molecule has 1 aromatic carbocycles. The van der Waals surface area contributed by atoms with Gasteiger partial charge in [-0.05, 0) is 44.2 Å². The van der Waals surface area contributed by atoms with E-state index in [0.29, 0.717) is 6.07 Å². The molecule has 0 fully saturated rings. The molecular weight excluding hydrogens is 433 g/mol. The summed E-state index contributed by atoms with van der Waals surface area (Å²) in [6.45, 7) is 1.12. The van der Waals surface area contributed by atoms with Crippen molar-refractivity contribution in [3.05, 3.63) is 53.2 Å². The van der Waals surface area contributed by atoms with Crippen LogP contribution in [-0.2, 0) is 21.2 Å². The van der Waals surface area contributed by atoms with Crippen LogP contribution in [0.15, 0.2) is 30.3 Å². The van der Waals surface area contributed by atoms with Gasteiger partial charge in [-0.15, -0.1) is 0 Å². The Balaban J connectivity index is 2.89. The third kappa shape index (κ3) is 4.77. The first-order valence-electron chi connectivity index (χ1n) is 8.47. The Bertz CT molecular complexity index is 1040. The fourth-order valence-electron chi connectivity index (χ4n) is 2.88. The van der Waals surface area contributed by atoms with Gasteiger partial charge < -0.3 is 10.8 Å². The monoisotopic (exact) mass is 453 g/mol. The number of nitrogens with one attached hydrogen (secondary N) is 1. The predicted octanol–water partition coefficient (Wildman–Crippen LogP) is 2.52. The smallest absolute Gasteiger partial charge is 0.374 e. The largest absolute Gasteiger partial charge is 0.424 e. The number of hydrogen-bond donors (Lipinski definition) is 3. The van der Waals surface area contributed by atoms with Crippen LogP contribution >= 0.6 is 0 Å². The van der Waals surface area contributed by atoms with Crippen molar-refractivity contribution in [2.45, 2.75) is 31.2 Å². The van der Waals surface area contributed by atoms with Gasteiger partial charge in [-0.25, -0.2) is 26.9 Å². The van der Waals surface area contributed by atoms with E-state index in [1.165, 1.54) is 13.8 Å². The van der Waals surface area contributed by atoms with Crippen LogP contribution in [0.2, 0.25) is 0 Å². The number of pyridine rings is 1. The number of aromatic nitrogens is 1. The summed E-state index contributed by atoms with van der Waals surface area (Å²) in [4.78, 5) is 3.63. The average molecular weight is 453 g/mol. The van der Waals surface area contributed by atoms with Gasteiger partial charge in [0.2, 0.25) is 15.6 Å². The normalized spacial score (nSPS) is 15.1. The second kappa shape index (κ2) is 7.84. The summed E-state index contributed by atoms with van der Waals surface area (Å²) in [5.74, 6) is -1.82. The van der Waals surface area contributed by atoms with Crippen molar-refractivity contribution in [3.63, 3.8) is 0 Å². The van der Waals surface area contributed by atoms with Crippen LogP contribution < -0.4 is 10.5 Å². The molecule has 0 radical (unpaired) electrons. The van der Waals surface area contributed by atoms with E-state index in [0.717, 1.165) is 30.5 Å². The molecule has 12 heteroatoms. The minimum Gasteiger partial charge on any atom is -0.374 e. The second-order valence-electron chi connectivity index (χ2n) is 7.29. The Morgan fingerprint density at radius 3 is 2.10 bits per heavy atom. The number of benzene rings is 1. The number of halogens is 5. The van der Waals surface area contributed by atoms with Gasteiger partial charge in [0.15, 0.2) is 5.82 Å². The molecular formula is C18H20F5N3O3S. The Morgan fingerprint density at radius 2 is 1.67 bits per heavy atom. The summed E-state index contributed by atoms with van der Waals surface area (Å²) in [5, 5.41) is 10.2. The molecule has 30 heavy (non-hydrogen) atoms. The number of sulfonamides is 1. The zero-order valence-corrected chi connectivity index (χ0v) is 17.0. The molecule has 2 aromatic rings. The van der Waals surface area contributed by atoms with Gasteiger partial charge in [0.05, 0.1) is 17.5 Å². The Morgan fingerprint density at radius 1 is 1.13 bits per heavy atom. The highest BCUT2D eigenvalue weighted by Gasteiger charge is 2.56. The molecule has 0 saturated carbocycles. The zero-order valence-electron chi connectivity index (χ0n) is 16.2. The van der Waals surface area contributed by atoms with Crippen LogP contribution in [0.5, 0.6) is 0 Å². The molecule has 4 N–H and O–H groups in total. The van der Waals surface area contributed by atoms with Crippen molar-refractivity contribution < 1.29 is 35.5 Å². The lowest BCUT2D eigenvalue weighted by molar-refractivity contribution is -0.263. The summed E-state index contributed by atoms with van der Waals surface area (Å²) in [6, 6.07) is 4.67. The van der Waals surface area contributed by atoms with Gasteiger partial charge in [0.25, 0.3) is 0 Å². The van der Waals surface area contributed by atoms with E-state index >= 15 is 4.39 Å². The van der Waals surface area contributed by atoms with Crippen molar-refractivity contribution in [1.82, 2.24) is 9.71 Å². The molecule has 1 heterocycles. The van der Waals surface area contributed by atoms with Crippen molar-refractivity contribution in [2.24, 2.45) is 5.73 Å². The number of rotatable bonds is 6. The maximum atomic E-state index is 15.3. The molecule has 0 aliphatic rings. The van der Waals surface area contributed by atoms with Gasteiger partial charge in [-0.1, -0.05) is 0 Å². The van der Waals surface area contributed by atoms with Crippen LogP contribution in [-0.4, -0.2) is 37.5 Å². The zero-order chi connectivity index (χ0) is 23.1. The van der Waals surface area contributed by atoms with Gasteiger partial charge >= 0.3 is 6.18 Å². The van der Waals surface area contributed by atoms with Crippen molar-refractivity contribution in [1.29, 1.82) is 0 Å². The van der Waals surface area contributed by atoms with Crippen LogP contribution in [0.1, 0.15) is 25.1 Å². The van der Waals surface area contributed by atoms with Crippen molar-refractivity contribution in [3.8, 4) is 11.3 Å². The molecule has 0 unspecified atom stereocenters. The van der Waals surface area contributed by atoms with Crippen LogP contribution in [0.25, 0.3) is 11.3 Å². The molecule has 0 spiro atoms. The lowest BCUT2D eigenvalue weighted by Crippen LogP contribution is -2.49. The number of alkyl halides is 3. The molecule has 1 aromatic heterocycles. The standard InChI is InChI=1S/C18H20F5N3O3S/c1-16(2,26-30(3,28)29)12-8-13(17(27,9-24)18(21,22)23)25-15(14(12)20)10-4-6-11(19)7-5-10/h4-8,26-27H,9,24H2,1-3H3/t17-/m1/s1. The first-order chi connectivity index (χ1) is 13.5. The molecule has 0 bridgehead atoms. The number of nitrogens with zero attached hydrogens (tertiary/aromatic N) is 1. The summed E-state index contributed by atoms with van der Waals surface area (Å²) in [6.07, 6.45) is -4.47. The fraction of sp³-hybridized carbons (Fsp3) is 0.389. The molecule has 0 aliphatic heterocycles. The van der Waals surface area contributed by atoms with E-state index < -0.39 is 62.5 Å². The minimum absolute atomic E-state index is 0.0892. The van der Waals surface area contributed by atoms with Gasteiger partial charge in [0.1, 0.15) is 11.5 Å². The molecule has 166 valence electrons. The highest BCUT2D eigenvalue weighted by molar-refractivity contribution is 7.88. The lowest BCUT2D eigenvalue weighted by Gasteiger charge is -2.32. The van der Waals surface area contributed by atoms with E-state index in [2.05, 4.69) is 9.71 Å². The Hall–Kier alpha value is -2.15. The fourth-order valence-corrected chi connectivity index (χ4v) is 3.92. The maximum Gasteiger partial charge on any atom is 0.424 e. The van der Waals surface area contributed by atoms with Gasteiger partial charge in [0, 0.05) is 17.7 Å². The highest BCUT2D eigenvalue weighted by atomic mass is 32.2. The lowest BCUT2D eigenvalue weighted by atomic mass is 9.89. The van der Waals surface area contributed by atoms with Gasteiger partial charge in [-0.2, -0.15) is 13.2 Å². The maximum absolute atomic E-state index is 15.3. The summed E-state index contributed by atoms with van der Waals surface area (Å²) in [5.41, 5.74) is -2.47. The number of nitrogens with two attached hydrogens (primary N) is 1. The topological polar surface area (TPSA) is 105 Å². The van der Waals surface area contributed by atoms with Crippen LogP contribution in [0.4, 0.5) is 22.0 Å². The summed E-state index contributed by atoms with van der Waals surface area (Å²) < 4.78 is 94.7. The summed E-state index contributed by atoms with van der Waals surface area (Å²) in [7, 11) is -3.91. The summed E-state index contributed by atoms with van der Waals surface area (Å²) >= 11 is 0. The predicted molar refractivity (Wildman–Crippen MR) is 99.6 cm³/mol. The molecule has 1 atom stereocenters. The van der Waals surface area contributed by atoms with E-state index in [1.54, 1.807) is 0 Å². The first-order valence-corrected chi connectivity index (χ1v) is 10.4. The molecule has 6 nitrogen and oxygen atoms in total. The van der Waals surface area contributed by atoms with E-state index in [4.69, 9.17) is 5.73 Å². The first kappa shape index (κ1) is 24.1. The van der Waals surface area contributed by atoms with E-state index in [1.807, 2.05) is 0 Å². The van der Waals surface area contributed by atoms with Crippen LogP contribution in [0, 0.1) is 11.6 Å². The number of aliphatic hydroxyl groups is 1. The minimum atomic E-state index is -5.27. The molecule has 0 aliphatic carbocycles. The third-order valence-electron chi connectivity index (χ3n) is 4.38. The molecule has 2 rings (SSSR count).